The van der Waals surface area contributed by atoms with Crippen LogP contribution in [0.25, 0.3) is 0 Å². The topological polar surface area (TPSA) is 57.6 Å². The molecule has 0 unspecified atom stereocenters. The summed E-state index contributed by atoms with van der Waals surface area (Å²) in [6.45, 7) is 6.59. The highest BCUT2D eigenvalue weighted by atomic mass is 33.1. The number of carboxylic acids is 1. The van der Waals surface area contributed by atoms with Crippen LogP contribution < -0.4 is 0 Å². The highest BCUT2D eigenvalue weighted by Gasteiger charge is 2.12. The van der Waals surface area contributed by atoms with Crippen molar-refractivity contribution in [2.75, 3.05) is 18.8 Å². The van der Waals surface area contributed by atoms with Gasteiger partial charge in [-0.15, -0.1) is 0 Å². The van der Waals surface area contributed by atoms with Gasteiger partial charge in [0.1, 0.15) is 6.54 Å². The Bertz CT molecular complexity index is 216. The monoisotopic (exact) mass is 251 g/mol. The smallest absolute Gasteiger partial charge is 0.323 e. The standard InChI is InChI=1S/C9H17NO3S2/c1-9(2,3)15-14-5-4-10(7-11)6-8(12)13/h7H,4-6H2,1-3H3,(H,12,13). The largest absolute Gasteiger partial charge is 0.480 e. The first kappa shape index (κ1) is 14.6. The van der Waals surface area contributed by atoms with Crippen molar-refractivity contribution in [3.05, 3.63) is 0 Å². The average molecular weight is 251 g/mol. The zero-order valence-electron chi connectivity index (χ0n) is 9.23. The third-order valence-corrected chi connectivity index (χ3v) is 4.58. The van der Waals surface area contributed by atoms with E-state index in [0.717, 1.165) is 5.75 Å². The Balaban J connectivity index is 3.64. The summed E-state index contributed by atoms with van der Waals surface area (Å²) >= 11 is 0. The Labute approximate surface area is 98.2 Å². The molecule has 0 rings (SSSR count). The van der Waals surface area contributed by atoms with Crippen molar-refractivity contribution >= 4 is 34.0 Å². The third-order valence-electron chi connectivity index (χ3n) is 1.26. The molecule has 0 heterocycles. The molecule has 0 aromatic carbocycles. The molecule has 6 heteroatoms. The molecule has 0 saturated heterocycles. The molecular formula is C9H17NO3S2. The normalized spacial score (nSPS) is 11.1. The van der Waals surface area contributed by atoms with Crippen molar-refractivity contribution in [3.63, 3.8) is 0 Å². The summed E-state index contributed by atoms with van der Waals surface area (Å²) in [4.78, 5) is 22.1. The van der Waals surface area contributed by atoms with Crippen LogP contribution in [-0.2, 0) is 9.59 Å². The van der Waals surface area contributed by atoms with Crippen LogP contribution in [0.3, 0.4) is 0 Å². The molecule has 0 fully saturated rings. The van der Waals surface area contributed by atoms with E-state index in [0.29, 0.717) is 13.0 Å². The predicted molar refractivity (Wildman–Crippen MR) is 65.1 cm³/mol. The Morgan fingerprint density at radius 2 is 2.07 bits per heavy atom. The first-order chi connectivity index (χ1) is 6.85. The lowest BCUT2D eigenvalue weighted by atomic mass is 10.3. The molecule has 1 N–H and O–H groups in total. The predicted octanol–water partition coefficient (Wildman–Crippen LogP) is 1.71. The number of carbonyl (C=O) groups excluding carboxylic acids is 1. The van der Waals surface area contributed by atoms with Gasteiger partial charge in [-0.2, -0.15) is 0 Å². The van der Waals surface area contributed by atoms with Gasteiger partial charge < -0.3 is 10.0 Å². The maximum absolute atomic E-state index is 10.5. The van der Waals surface area contributed by atoms with Crippen LogP contribution >= 0.6 is 21.6 Å². The maximum atomic E-state index is 10.5. The summed E-state index contributed by atoms with van der Waals surface area (Å²) in [5, 5.41) is 8.49. The van der Waals surface area contributed by atoms with Gasteiger partial charge in [-0.1, -0.05) is 42.4 Å². The molecule has 0 aromatic heterocycles. The van der Waals surface area contributed by atoms with E-state index in [-0.39, 0.29) is 11.3 Å². The van der Waals surface area contributed by atoms with Gasteiger partial charge in [-0.3, -0.25) is 9.59 Å². The second kappa shape index (κ2) is 7.00. The number of carbonyl (C=O) groups is 2. The summed E-state index contributed by atoms with van der Waals surface area (Å²) in [5.41, 5.74) is 0. The Morgan fingerprint density at radius 1 is 1.47 bits per heavy atom. The van der Waals surface area contributed by atoms with E-state index in [1.54, 1.807) is 21.6 Å². The quantitative estimate of drug-likeness (QED) is 0.424. The molecule has 0 aliphatic carbocycles. The molecule has 0 spiro atoms. The van der Waals surface area contributed by atoms with E-state index in [9.17, 15) is 9.59 Å². The number of amides is 1. The molecular weight excluding hydrogens is 234 g/mol. The van der Waals surface area contributed by atoms with Crippen LogP contribution in [0.1, 0.15) is 20.8 Å². The summed E-state index contributed by atoms with van der Waals surface area (Å²) < 4.78 is 0.184. The minimum atomic E-state index is -0.976. The molecule has 0 aliphatic heterocycles. The Hall–Kier alpha value is -0.360. The van der Waals surface area contributed by atoms with Gasteiger partial charge in [0.2, 0.25) is 6.41 Å². The van der Waals surface area contributed by atoms with Gasteiger partial charge in [-0.25, -0.2) is 0 Å². The number of nitrogens with zero attached hydrogens (tertiary/aromatic N) is 1. The lowest BCUT2D eigenvalue weighted by molar-refractivity contribution is -0.140. The van der Waals surface area contributed by atoms with Gasteiger partial charge in [-0.05, 0) is 0 Å². The number of rotatable bonds is 7. The van der Waals surface area contributed by atoms with E-state index in [1.165, 1.54) is 4.90 Å². The molecule has 15 heavy (non-hydrogen) atoms. The lowest BCUT2D eigenvalue weighted by Crippen LogP contribution is -2.30. The molecule has 0 aliphatic rings. The van der Waals surface area contributed by atoms with Crippen LogP contribution in [0.15, 0.2) is 0 Å². The molecule has 1 amide bonds. The summed E-state index contributed by atoms with van der Waals surface area (Å²) in [5.74, 6) is -0.232. The molecule has 88 valence electrons. The fourth-order valence-electron chi connectivity index (χ4n) is 0.716. The van der Waals surface area contributed by atoms with Crippen molar-refractivity contribution < 1.29 is 14.7 Å². The fourth-order valence-corrected chi connectivity index (χ4v) is 3.00. The van der Waals surface area contributed by atoms with Gasteiger partial charge in [0.05, 0.1) is 0 Å². The number of aliphatic carboxylic acids is 1. The molecule has 0 atom stereocenters. The second-order valence-corrected chi connectivity index (χ2v) is 7.23. The van der Waals surface area contributed by atoms with E-state index in [1.807, 2.05) is 0 Å². The van der Waals surface area contributed by atoms with E-state index < -0.39 is 5.97 Å². The molecule has 0 aromatic rings. The second-order valence-electron chi connectivity index (χ2n) is 3.99. The molecule has 0 radical (unpaired) electrons. The van der Waals surface area contributed by atoms with Gasteiger partial charge in [0.15, 0.2) is 0 Å². The van der Waals surface area contributed by atoms with Crippen LogP contribution in [0.5, 0.6) is 0 Å². The Morgan fingerprint density at radius 3 is 2.47 bits per heavy atom. The molecule has 0 saturated carbocycles. The first-order valence-corrected chi connectivity index (χ1v) is 6.89. The first-order valence-electron chi connectivity index (χ1n) is 4.57. The zero-order valence-corrected chi connectivity index (χ0v) is 10.9. The van der Waals surface area contributed by atoms with Gasteiger partial charge in [0, 0.05) is 17.0 Å². The minimum Gasteiger partial charge on any atom is -0.480 e. The van der Waals surface area contributed by atoms with Crippen molar-refractivity contribution in [1.82, 2.24) is 4.90 Å². The molecule has 0 bridgehead atoms. The minimum absolute atomic E-state index is 0.184. The third kappa shape index (κ3) is 9.93. The van der Waals surface area contributed by atoms with Crippen molar-refractivity contribution in [2.45, 2.75) is 25.5 Å². The average Bonchev–Trinajstić information content (AvgIpc) is 2.08. The summed E-state index contributed by atoms with van der Waals surface area (Å²) in [7, 11) is 3.39. The van der Waals surface area contributed by atoms with E-state index in [4.69, 9.17) is 5.11 Å². The van der Waals surface area contributed by atoms with Crippen LogP contribution in [0.2, 0.25) is 0 Å². The van der Waals surface area contributed by atoms with Gasteiger partial charge >= 0.3 is 5.97 Å². The van der Waals surface area contributed by atoms with Gasteiger partial charge in [0.25, 0.3) is 0 Å². The lowest BCUT2D eigenvalue weighted by Gasteiger charge is -2.18. The van der Waals surface area contributed by atoms with Crippen molar-refractivity contribution in [2.24, 2.45) is 0 Å². The zero-order chi connectivity index (χ0) is 11.9. The number of carboxylic acid groups (broad SMARTS) is 1. The number of hydrogen-bond donors (Lipinski definition) is 1. The van der Waals surface area contributed by atoms with E-state index in [2.05, 4.69) is 20.8 Å². The summed E-state index contributed by atoms with van der Waals surface area (Å²) in [6.07, 6.45) is 0.580. The maximum Gasteiger partial charge on any atom is 0.323 e. The fraction of sp³-hybridized carbons (Fsp3) is 0.778. The SMILES string of the molecule is CC(C)(C)SSCCN(C=O)CC(=O)O. The van der Waals surface area contributed by atoms with Crippen molar-refractivity contribution in [1.29, 1.82) is 0 Å². The van der Waals surface area contributed by atoms with E-state index >= 15 is 0 Å². The molecule has 4 nitrogen and oxygen atoms in total. The van der Waals surface area contributed by atoms with Crippen LogP contribution in [0.4, 0.5) is 0 Å². The Kier molecular flexibility index (Phi) is 6.84. The highest BCUT2D eigenvalue weighted by Crippen LogP contribution is 2.34. The summed E-state index contributed by atoms with van der Waals surface area (Å²) in [6, 6.07) is 0. The van der Waals surface area contributed by atoms with Crippen molar-refractivity contribution in [3.8, 4) is 0 Å². The van der Waals surface area contributed by atoms with Crippen LogP contribution in [0, 0.1) is 0 Å². The number of hydrogen-bond acceptors (Lipinski definition) is 4. The highest BCUT2D eigenvalue weighted by molar-refractivity contribution is 8.77. The van der Waals surface area contributed by atoms with Crippen LogP contribution in [-0.4, -0.2) is 46.0 Å².